The van der Waals surface area contributed by atoms with Crippen LogP contribution >= 0.6 is 0 Å². The molecule has 0 bridgehead atoms. The Bertz CT molecular complexity index is 1200. The fourth-order valence-electron chi connectivity index (χ4n) is 3.10. The predicted octanol–water partition coefficient (Wildman–Crippen LogP) is 4.72. The topological polar surface area (TPSA) is 77.3 Å². The van der Waals surface area contributed by atoms with Gasteiger partial charge in [0.2, 0.25) is 0 Å². The standard InChI is InChI=1S/C24H16N6/c1-4-19(14-25-11-1)17-7-9-18(10-8-17)22-28-23(20-5-2-12-26-15-20)30-24(29-22)21-6-3-13-27-16-21/h1-16H. The van der Waals surface area contributed by atoms with Crippen LogP contribution in [0.5, 0.6) is 0 Å². The number of hydrogen-bond acceptors (Lipinski definition) is 6. The van der Waals surface area contributed by atoms with E-state index in [1.165, 1.54) is 0 Å². The molecule has 6 heteroatoms. The van der Waals surface area contributed by atoms with Crippen LogP contribution in [0.15, 0.2) is 97.8 Å². The van der Waals surface area contributed by atoms with Crippen LogP contribution < -0.4 is 0 Å². The molecule has 4 aromatic heterocycles. The highest BCUT2D eigenvalue weighted by molar-refractivity contribution is 5.69. The molecule has 30 heavy (non-hydrogen) atoms. The second-order valence-corrected chi connectivity index (χ2v) is 6.61. The summed E-state index contributed by atoms with van der Waals surface area (Å²) in [4.78, 5) is 26.6. The van der Waals surface area contributed by atoms with Gasteiger partial charge in [-0.25, -0.2) is 15.0 Å². The van der Waals surface area contributed by atoms with E-state index >= 15 is 0 Å². The Kier molecular flexibility index (Phi) is 4.72. The van der Waals surface area contributed by atoms with Crippen LogP contribution in [0, 0.1) is 0 Å². The van der Waals surface area contributed by atoms with Gasteiger partial charge in [-0.2, -0.15) is 0 Å². The second kappa shape index (κ2) is 7.97. The van der Waals surface area contributed by atoms with Gasteiger partial charge >= 0.3 is 0 Å². The lowest BCUT2D eigenvalue weighted by Crippen LogP contribution is -2.00. The number of benzene rings is 1. The Morgan fingerprint density at radius 3 is 1.20 bits per heavy atom. The molecule has 5 aromatic rings. The lowest BCUT2D eigenvalue weighted by atomic mass is 10.1. The number of nitrogens with zero attached hydrogens (tertiary/aromatic N) is 6. The zero-order valence-corrected chi connectivity index (χ0v) is 15.9. The summed E-state index contributed by atoms with van der Waals surface area (Å²) in [5.41, 5.74) is 4.71. The van der Waals surface area contributed by atoms with Crippen molar-refractivity contribution in [1.82, 2.24) is 29.9 Å². The van der Waals surface area contributed by atoms with E-state index in [0.717, 1.165) is 27.8 Å². The minimum atomic E-state index is 0.572. The van der Waals surface area contributed by atoms with E-state index in [9.17, 15) is 0 Å². The Hall–Kier alpha value is -4.32. The first kappa shape index (κ1) is 17.8. The van der Waals surface area contributed by atoms with E-state index in [0.29, 0.717) is 17.5 Å². The van der Waals surface area contributed by atoms with E-state index in [2.05, 4.69) is 19.9 Å². The van der Waals surface area contributed by atoms with E-state index in [1.807, 2.05) is 66.9 Å². The number of hydrogen-bond donors (Lipinski definition) is 0. The van der Waals surface area contributed by atoms with Crippen LogP contribution in [0.25, 0.3) is 45.3 Å². The molecule has 0 aliphatic carbocycles. The molecule has 6 nitrogen and oxygen atoms in total. The van der Waals surface area contributed by atoms with Crippen molar-refractivity contribution in [3.05, 3.63) is 97.8 Å². The smallest absolute Gasteiger partial charge is 0.165 e. The van der Waals surface area contributed by atoms with Crippen molar-refractivity contribution in [3.63, 3.8) is 0 Å². The maximum atomic E-state index is 4.71. The van der Waals surface area contributed by atoms with Gasteiger partial charge in [0.25, 0.3) is 0 Å². The average molecular weight is 388 g/mol. The second-order valence-electron chi connectivity index (χ2n) is 6.61. The van der Waals surface area contributed by atoms with Crippen molar-refractivity contribution in [2.24, 2.45) is 0 Å². The summed E-state index contributed by atoms with van der Waals surface area (Å²) >= 11 is 0. The van der Waals surface area contributed by atoms with Gasteiger partial charge in [-0.15, -0.1) is 0 Å². The molecule has 0 N–H and O–H groups in total. The van der Waals surface area contributed by atoms with Gasteiger partial charge in [0.05, 0.1) is 0 Å². The quantitative estimate of drug-likeness (QED) is 0.443. The summed E-state index contributed by atoms with van der Waals surface area (Å²) in [6.07, 6.45) is 10.6. The molecule has 0 amide bonds. The van der Waals surface area contributed by atoms with E-state index in [1.54, 1.807) is 31.0 Å². The Labute approximate surface area is 173 Å². The molecular weight excluding hydrogens is 372 g/mol. The zero-order valence-electron chi connectivity index (χ0n) is 15.9. The van der Waals surface area contributed by atoms with Crippen LogP contribution in [0.3, 0.4) is 0 Å². The zero-order chi connectivity index (χ0) is 20.2. The molecule has 0 aliphatic heterocycles. The first-order chi connectivity index (χ1) is 14.9. The molecule has 1 aromatic carbocycles. The molecule has 0 radical (unpaired) electrons. The summed E-state index contributed by atoms with van der Waals surface area (Å²) in [5, 5.41) is 0. The molecule has 0 spiro atoms. The third-order valence-electron chi connectivity index (χ3n) is 4.61. The monoisotopic (exact) mass is 388 g/mol. The molecule has 0 aliphatic rings. The fraction of sp³-hybridized carbons (Fsp3) is 0. The van der Waals surface area contributed by atoms with Crippen molar-refractivity contribution in [3.8, 4) is 45.3 Å². The third-order valence-corrected chi connectivity index (χ3v) is 4.61. The molecule has 4 heterocycles. The van der Waals surface area contributed by atoms with Crippen LogP contribution in [0.2, 0.25) is 0 Å². The summed E-state index contributed by atoms with van der Waals surface area (Å²) in [6.45, 7) is 0. The Balaban J connectivity index is 1.60. The average Bonchev–Trinajstić information content (AvgIpc) is 2.85. The molecule has 0 saturated carbocycles. The van der Waals surface area contributed by atoms with Crippen molar-refractivity contribution < 1.29 is 0 Å². The first-order valence-corrected chi connectivity index (χ1v) is 9.44. The van der Waals surface area contributed by atoms with Gasteiger partial charge in [0.15, 0.2) is 17.5 Å². The third kappa shape index (κ3) is 3.66. The normalized spacial score (nSPS) is 10.7. The largest absolute Gasteiger partial charge is 0.264 e. The van der Waals surface area contributed by atoms with Gasteiger partial charge in [-0.1, -0.05) is 30.3 Å². The molecule has 0 unspecified atom stereocenters. The van der Waals surface area contributed by atoms with Crippen LogP contribution in [0.1, 0.15) is 0 Å². The van der Waals surface area contributed by atoms with Gasteiger partial charge in [0.1, 0.15) is 0 Å². The van der Waals surface area contributed by atoms with Crippen molar-refractivity contribution >= 4 is 0 Å². The molecule has 5 rings (SSSR count). The van der Waals surface area contributed by atoms with Gasteiger partial charge in [-0.05, 0) is 41.5 Å². The van der Waals surface area contributed by atoms with Crippen LogP contribution in [-0.2, 0) is 0 Å². The highest BCUT2D eigenvalue weighted by Crippen LogP contribution is 2.26. The van der Waals surface area contributed by atoms with Crippen LogP contribution in [0.4, 0.5) is 0 Å². The van der Waals surface area contributed by atoms with E-state index in [-0.39, 0.29) is 0 Å². The Morgan fingerprint density at radius 1 is 0.367 bits per heavy atom. The highest BCUT2D eigenvalue weighted by Gasteiger charge is 2.12. The van der Waals surface area contributed by atoms with Gasteiger partial charge in [0, 0.05) is 53.9 Å². The summed E-state index contributed by atoms with van der Waals surface area (Å²) < 4.78 is 0. The number of aromatic nitrogens is 6. The maximum Gasteiger partial charge on any atom is 0.165 e. The van der Waals surface area contributed by atoms with Gasteiger partial charge < -0.3 is 0 Å². The minimum Gasteiger partial charge on any atom is -0.264 e. The van der Waals surface area contributed by atoms with Gasteiger partial charge in [-0.3, -0.25) is 15.0 Å². The first-order valence-electron chi connectivity index (χ1n) is 9.44. The molecule has 142 valence electrons. The molecule has 0 fully saturated rings. The van der Waals surface area contributed by atoms with Crippen molar-refractivity contribution in [2.75, 3.05) is 0 Å². The van der Waals surface area contributed by atoms with Crippen molar-refractivity contribution in [1.29, 1.82) is 0 Å². The van der Waals surface area contributed by atoms with E-state index < -0.39 is 0 Å². The predicted molar refractivity (Wildman–Crippen MR) is 115 cm³/mol. The lowest BCUT2D eigenvalue weighted by Gasteiger charge is -2.08. The molecule has 0 saturated heterocycles. The SMILES string of the molecule is c1cncc(-c2ccc(-c3nc(-c4cccnc4)nc(-c4cccnc4)n3)cc2)c1. The maximum absolute atomic E-state index is 4.71. The van der Waals surface area contributed by atoms with Crippen LogP contribution in [-0.4, -0.2) is 29.9 Å². The molecule has 0 atom stereocenters. The Morgan fingerprint density at radius 2 is 0.767 bits per heavy atom. The summed E-state index contributed by atoms with van der Waals surface area (Å²) in [6, 6.07) is 19.7. The lowest BCUT2D eigenvalue weighted by molar-refractivity contribution is 1.07. The number of pyridine rings is 3. The minimum absolute atomic E-state index is 0.572. The molecular formula is C24H16N6. The van der Waals surface area contributed by atoms with Crippen molar-refractivity contribution in [2.45, 2.75) is 0 Å². The fourth-order valence-corrected chi connectivity index (χ4v) is 3.10. The highest BCUT2D eigenvalue weighted by atomic mass is 15.0. The van der Waals surface area contributed by atoms with E-state index in [4.69, 9.17) is 9.97 Å². The number of rotatable bonds is 4. The summed E-state index contributed by atoms with van der Waals surface area (Å²) in [5.74, 6) is 1.74. The summed E-state index contributed by atoms with van der Waals surface area (Å²) in [7, 11) is 0.